The number of benzene rings is 1. The molecular weight excluding hydrogens is 408 g/mol. The second kappa shape index (κ2) is 7.45. The summed E-state index contributed by atoms with van der Waals surface area (Å²) in [6.45, 7) is 4.81. The maximum atomic E-state index is 14.0. The van der Waals surface area contributed by atoms with Gasteiger partial charge >= 0.3 is 0 Å². The van der Waals surface area contributed by atoms with Gasteiger partial charge in [-0.25, -0.2) is 0 Å². The normalized spacial score (nSPS) is 41.8. The summed E-state index contributed by atoms with van der Waals surface area (Å²) in [7, 11) is 1.96. The van der Waals surface area contributed by atoms with E-state index in [0.29, 0.717) is 11.8 Å². The summed E-state index contributed by atoms with van der Waals surface area (Å²) in [5, 5.41) is 3.51. The van der Waals surface area contributed by atoms with E-state index >= 15 is 0 Å². The van der Waals surface area contributed by atoms with E-state index in [1.807, 2.05) is 11.9 Å². The van der Waals surface area contributed by atoms with E-state index in [2.05, 4.69) is 49.5 Å². The van der Waals surface area contributed by atoms with Crippen LogP contribution in [0.15, 0.2) is 36.4 Å². The van der Waals surface area contributed by atoms with Crippen molar-refractivity contribution in [2.45, 2.75) is 77.3 Å². The molecule has 1 N–H and O–H groups in total. The average Bonchev–Trinajstić information content (AvgIpc) is 3.38. The number of carbonyl (C=O) groups is 2. The van der Waals surface area contributed by atoms with Gasteiger partial charge in [0.05, 0.1) is 0 Å². The highest BCUT2D eigenvalue weighted by atomic mass is 16.2. The molecule has 4 aliphatic carbocycles. The van der Waals surface area contributed by atoms with Gasteiger partial charge in [-0.15, -0.1) is 0 Å². The van der Waals surface area contributed by atoms with Crippen molar-refractivity contribution >= 4 is 11.8 Å². The molecule has 0 aromatic heterocycles. The Hall–Kier alpha value is -2.10. The van der Waals surface area contributed by atoms with E-state index in [4.69, 9.17) is 0 Å². The summed E-state index contributed by atoms with van der Waals surface area (Å²) in [6, 6.07) is 9.02. The molecule has 1 aromatic rings. The molecule has 2 unspecified atom stereocenters. The summed E-state index contributed by atoms with van der Waals surface area (Å²) in [5.41, 5.74) is 2.92. The van der Waals surface area contributed by atoms with Crippen molar-refractivity contribution in [3.8, 4) is 0 Å². The van der Waals surface area contributed by atoms with Crippen LogP contribution in [-0.4, -0.2) is 35.8 Å². The van der Waals surface area contributed by atoms with Gasteiger partial charge in [0, 0.05) is 30.5 Å². The molecule has 0 spiro atoms. The molecular formula is C29H38N2O2. The predicted octanol–water partition coefficient (Wildman–Crippen LogP) is 4.53. The quantitative estimate of drug-likeness (QED) is 0.726. The molecule has 0 saturated heterocycles. The molecule has 4 heteroatoms. The molecule has 176 valence electrons. The Morgan fingerprint density at radius 3 is 2.55 bits per heavy atom. The number of likely N-dealkylation sites (N-methyl/N-ethyl adjacent to an activating group) is 1. The Bertz CT molecular complexity index is 992. The molecule has 1 heterocycles. The highest BCUT2D eigenvalue weighted by molar-refractivity contribution is 5.89. The van der Waals surface area contributed by atoms with Crippen molar-refractivity contribution in [3.05, 3.63) is 47.5 Å². The van der Waals surface area contributed by atoms with Crippen molar-refractivity contribution in [2.24, 2.45) is 34.5 Å². The molecule has 33 heavy (non-hydrogen) atoms. The monoisotopic (exact) mass is 446 g/mol. The third-order valence-electron chi connectivity index (χ3n) is 10.6. The van der Waals surface area contributed by atoms with Gasteiger partial charge in [0.25, 0.3) is 0 Å². The molecule has 2 amide bonds. The van der Waals surface area contributed by atoms with Gasteiger partial charge in [0.1, 0.15) is 0 Å². The van der Waals surface area contributed by atoms with Crippen LogP contribution in [0.1, 0.15) is 63.5 Å². The minimum Gasteiger partial charge on any atom is -0.352 e. The second-order valence-electron chi connectivity index (χ2n) is 12.3. The molecule has 0 bridgehead atoms. The van der Waals surface area contributed by atoms with Crippen LogP contribution in [0.2, 0.25) is 0 Å². The zero-order valence-corrected chi connectivity index (χ0v) is 20.3. The van der Waals surface area contributed by atoms with Crippen LogP contribution >= 0.6 is 0 Å². The number of fused-ring (bicyclic) bond motifs is 6. The largest absolute Gasteiger partial charge is 0.352 e. The predicted molar refractivity (Wildman–Crippen MR) is 129 cm³/mol. The lowest BCUT2D eigenvalue weighted by atomic mass is 9.45. The Morgan fingerprint density at radius 1 is 1.09 bits per heavy atom. The Kier molecular flexibility index (Phi) is 4.84. The smallest absolute Gasteiger partial charge is 0.246 e. The summed E-state index contributed by atoms with van der Waals surface area (Å²) in [5.74, 6) is 2.01. The summed E-state index contributed by atoms with van der Waals surface area (Å²) >= 11 is 0. The van der Waals surface area contributed by atoms with Crippen LogP contribution in [0.5, 0.6) is 0 Å². The Morgan fingerprint density at radius 2 is 1.82 bits per heavy atom. The zero-order chi connectivity index (χ0) is 23.0. The first-order chi connectivity index (χ1) is 15.8. The molecule has 3 saturated carbocycles. The first-order valence-electron chi connectivity index (χ1n) is 13.1. The maximum absolute atomic E-state index is 14.0. The van der Waals surface area contributed by atoms with Crippen LogP contribution in [0, 0.1) is 34.5 Å². The van der Waals surface area contributed by atoms with Gasteiger partial charge in [-0.1, -0.05) is 50.6 Å². The highest BCUT2D eigenvalue weighted by Crippen LogP contribution is 2.65. The minimum atomic E-state index is -0.129. The maximum Gasteiger partial charge on any atom is 0.246 e. The van der Waals surface area contributed by atoms with Crippen LogP contribution in [0.4, 0.5) is 0 Å². The third-order valence-corrected chi connectivity index (χ3v) is 10.6. The van der Waals surface area contributed by atoms with Gasteiger partial charge in [-0.3, -0.25) is 9.59 Å². The molecule has 0 radical (unpaired) electrons. The third kappa shape index (κ3) is 3.15. The molecule has 3 fully saturated rings. The lowest BCUT2D eigenvalue weighted by molar-refractivity contribution is -0.154. The van der Waals surface area contributed by atoms with Crippen molar-refractivity contribution in [3.63, 3.8) is 0 Å². The highest BCUT2D eigenvalue weighted by Gasteiger charge is 2.62. The minimum absolute atomic E-state index is 0.0251. The number of hydrogen-bond acceptors (Lipinski definition) is 2. The fraction of sp³-hybridized carbons (Fsp3) is 0.655. The van der Waals surface area contributed by atoms with E-state index < -0.39 is 0 Å². The molecule has 1 aromatic carbocycles. The first-order valence-corrected chi connectivity index (χ1v) is 13.1. The van der Waals surface area contributed by atoms with Crippen molar-refractivity contribution in [1.82, 2.24) is 10.2 Å². The summed E-state index contributed by atoms with van der Waals surface area (Å²) < 4.78 is 0. The number of hydrogen-bond donors (Lipinski definition) is 1. The average molecular weight is 447 g/mol. The van der Waals surface area contributed by atoms with E-state index in [-0.39, 0.29) is 40.6 Å². The van der Waals surface area contributed by atoms with Crippen molar-refractivity contribution < 1.29 is 9.59 Å². The fourth-order valence-corrected chi connectivity index (χ4v) is 9.16. The summed E-state index contributed by atoms with van der Waals surface area (Å²) in [4.78, 5) is 28.5. The number of nitrogens with zero attached hydrogens (tertiary/aromatic N) is 1. The Labute approximate surface area is 198 Å². The lowest BCUT2D eigenvalue weighted by Gasteiger charge is -2.61. The van der Waals surface area contributed by atoms with Crippen molar-refractivity contribution in [1.29, 1.82) is 0 Å². The molecule has 1 aliphatic heterocycles. The van der Waals surface area contributed by atoms with Gasteiger partial charge in [-0.2, -0.15) is 0 Å². The number of rotatable bonds is 2. The number of carbonyl (C=O) groups excluding carboxylic acids is 2. The number of nitrogens with one attached hydrogen (secondary N) is 1. The zero-order valence-electron chi connectivity index (χ0n) is 20.3. The summed E-state index contributed by atoms with van der Waals surface area (Å²) in [6.07, 6.45) is 12.9. The standard InChI is InChI=1S/C29H38N2O2/c1-28-13-6-9-23(28)21-10-11-24-29(2,14-12-25(32)31(24)3)26(21)22(17-28)27(33)30-20-15-18-7-4-5-8-19(18)16-20/h4-5,7-8,12,14,20-24,26H,6,9-11,13,15-17H2,1-3H3,(H,30,33)/t21-,22?,23-,24?,26-,28-,29-/m0/s1. The van der Waals surface area contributed by atoms with Crippen LogP contribution in [0.3, 0.4) is 0 Å². The van der Waals surface area contributed by atoms with Crippen LogP contribution < -0.4 is 5.32 Å². The molecule has 5 aliphatic rings. The Balaban J connectivity index is 1.33. The lowest BCUT2D eigenvalue weighted by Crippen LogP contribution is -2.63. The van der Waals surface area contributed by atoms with Crippen LogP contribution in [-0.2, 0) is 22.4 Å². The van der Waals surface area contributed by atoms with Gasteiger partial charge < -0.3 is 10.2 Å². The first kappa shape index (κ1) is 21.4. The molecule has 6 rings (SSSR count). The van der Waals surface area contributed by atoms with Gasteiger partial charge in [0.15, 0.2) is 0 Å². The van der Waals surface area contributed by atoms with Crippen LogP contribution in [0.25, 0.3) is 0 Å². The SMILES string of the molecule is CN1C(=O)C=C[C@@]2(C)C1CC[C@@H]1[C@H]2C(C(=O)NC2Cc3ccccc3C2)C[C@]2(C)CCC[C@@H]12. The van der Waals surface area contributed by atoms with Crippen molar-refractivity contribution in [2.75, 3.05) is 7.05 Å². The van der Waals surface area contributed by atoms with E-state index in [0.717, 1.165) is 38.0 Å². The fourth-order valence-electron chi connectivity index (χ4n) is 9.16. The molecule has 4 nitrogen and oxygen atoms in total. The molecule has 7 atom stereocenters. The van der Waals surface area contributed by atoms with E-state index in [1.165, 1.54) is 30.4 Å². The number of amides is 2. The second-order valence-corrected chi connectivity index (χ2v) is 12.3. The topological polar surface area (TPSA) is 49.4 Å². The van der Waals surface area contributed by atoms with Gasteiger partial charge in [-0.05, 0) is 85.3 Å². The van der Waals surface area contributed by atoms with E-state index in [9.17, 15) is 9.59 Å². The van der Waals surface area contributed by atoms with E-state index in [1.54, 1.807) is 6.08 Å². The van der Waals surface area contributed by atoms with Gasteiger partial charge in [0.2, 0.25) is 11.8 Å².